The predicted octanol–water partition coefficient (Wildman–Crippen LogP) is 0.234. The monoisotopic (exact) mass is 191 g/mol. The molecule has 0 atom stereocenters. The minimum Gasteiger partial charge on any atom is -0.475 e. The van der Waals surface area contributed by atoms with E-state index in [0.717, 1.165) is 4.68 Å². The standard InChI is InChI=1S/C5H6ClN3O3/c1-12-2-9-3(4(10)11)7-5(6)8-9/h2H2,1H3,(H,10,11). The predicted molar refractivity (Wildman–Crippen MR) is 39.0 cm³/mol. The summed E-state index contributed by atoms with van der Waals surface area (Å²) in [6, 6.07) is 0. The number of carboxylic acids is 1. The van der Waals surface area contributed by atoms with Crippen LogP contribution >= 0.6 is 11.6 Å². The van der Waals surface area contributed by atoms with E-state index >= 15 is 0 Å². The highest BCUT2D eigenvalue weighted by molar-refractivity contribution is 6.28. The van der Waals surface area contributed by atoms with Gasteiger partial charge in [-0.05, 0) is 11.6 Å². The van der Waals surface area contributed by atoms with Crippen LogP contribution < -0.4 is 0 Å². The molecule has 1 rings (SSSR count). The lowest BCUT2D eigenvalue weighted by atomic mass is 10.6. The van der Waals surface area contributed by atoms with Crippen LogP contribution in [0.5, 0.6) is 0 Å². The van der Waals surface area contributed by atoms with Crippen LogP contribution in [0.15, 0.2) is 0 Å². The van der Waals surface area contributed by atoms with Crippen molar-refractivity contribution in [1.29, 1.82) is 0 Å². The summed E-state index contributed by atoms with van der Waals surface area (Å²) in [5.41, 5.74) is 0. The smallest absolute Gasteiger partial charge is 0.373 e. The lowest BCUT2D eigenvalue weighted by Crippen LogP contribution is -2.11. The number of nitrogens with zero attached hydrogens (tertiary/aromatic N) is 3. The van der Waals surface area contributed by atoms with E-state index in [2.05, 4.69) is 14.8 Å². The molecule has 0 fully saturated rings. The Morgan fingerprint density at radius 2 is 2.50 bits per heavy atom. The molecule has 1 aromatic rings. The van der Waals surface area contributed by atoms with Crippen molar-refractivity contribution < 1.29 is 14.6 Å². The summed E-state index contributed by atoms with van der Waals surface area (Å²) >= 11 is 5.38. The molecule has 0 saturated carbocycles. The van der Waals surface area contributed by atoms with Gasteiger partial charge in [-0.2, -0.15) is 4.98 Å². The van der Waals surface area contributed by atoms with Crippen LogP contribution in [0.1, 0.15) is 10.6 Å². The highest BCUT2D eigenvalue weighted by Gasteiger charge is 2.14. The molecule has 0 spiro atoms. The van der Waals surface area contributed by atoms with E-state index in [4.69, 9.17) is 16.7 Å². The van der Waals surface area contributed by atoms with Gasteiger partial charge in [0.2, 0.25) is 11.1 Å². The van der Waals surface area contributed by atoms with Crippen molar-refractivity contribution in [2.24, 2.45) is 0 Å². The van der Waals surface area contributed by atoms with Crippen molar-refractivity contribution in [2.45, 2.75) is 6.73 Å². The Hall–Kier alpha value is -1.14. The molecule has 1 N–H and O–H groups in total. The first-order valence-electron chi connectivity index (χ1n) is 2.97. The van der Waals surface area contributed by atoms with Gasteiger partial charge >= 0.3 is 5.97 Å². The van der Waals surface area contributed by atoms with Gasteiger partial charge in [-0.25, -0.2) is 9.48 Å². The molecule has 0 bridgehead atoms. The molecule has 1 aromatic heterocycles. The largest absolute Gasteiger partial charge is 0.475 e. The SMILES string of the molecule is COCn1nc(Cl)nc1C(=O)O. The molecule has 0 aliphatic rings. The third kappa shape index (κ3) is 1.72. The first-order valence-corrected chi connectivity index (χ1v) is 3.35. The van der Waals surface area contributed by atoms with Crippen molar-refractivity contribution in [3.8, 4) is 0 Å². The molecule has 0 aliphatic heterocycles. The van der Waals surface area contributed by atoms with Gasteiger partial charge < -0.3 is 9.84 Å². The maximum atomic E-state index is 10.5. The Kier molecular flexibility index (Phi) is 2.61. The minimum atomic E-state index is -1.19. The fraction of sp³-hybridized carbons (Fsp3) is 0.400. The van der Waals surface area contributed by atoms with E-state index in [1.54, 1.807) is 0 Å². The molecule has 7 heteroatoms. The summed E-state index contributed by atoms with van der Waals surface area (Å²) in [6.45, 7) is 0.0152. The van der Waals surface area contributed by atoms with Crippen LogP contribution in [0, 0.1) is 0 Å². The van der Waals surface area contributed by atoms with Gasteiger partial charge in [0.05, 0.1) is 0 Å². The van der Waals surface area contributed by atoms with E-state index in [0.29, 0.717) is 0 Å². The molecule has 0 unspecified atom stereocenters. The molecule has 1 heterocycles. The summed E-state index contributed by atoms with van der Waals surface area (Å²) < 4.78 is 5.73. The number of rotatable bonds is 3. The normalized spacial score (nSPS) is 10.2. The molecule has 0 aromatic carbocycles. The molecule has 0 radical (unpaired) electrons. The number of carboxylic acid groups (broad SMARTS) is 1. The second kappa shape index (κ2) is 3.51. The van der Waals surface area contributed by atoms with Crippen LogP contribution in [0.25, 0.3) is 0 Å². The van der Waals surface area contributed by atoms with Gasteiger partial charge in [0, 0.05) is 7.11 Å². The van der Waals surface area contributed by atoms with E-state index in [1.807, 2.05) is 0 Å². The number of aromatic carboxylic acids is 1. The van der Waals surface area contributed by atoms with Crippen LogP contribution in [-0.2, 0) is 11.5 Å². The number of aromatic nitrogens is 3. The molecule has 66 valence electrons. The summed E-state index contributed by atoms with van der Waals surface area (Å²) in [6.07, 6.45) is 0. The first kappa shape index (κ1) is 8.95. The fourth-order valence-electron chi connectivity index (χ4n) is 0.685. The van der Waals surface area contributed by atoms with E-state index in [1.165, 1.54) is 7.11 Å². The molecular formula is C5H6ClN3O3. The summed E-state index contributed by atoms with van der Waals surface area (Å²) in [5, 5.41) is 12.0. The molecule has 0 saturated heterocycles. The highest BCUT2D eigenvalue weighted by Crippen LogP contribution is 2.03. The fourth-order valence-corrected chi connectivity index (χ4v) is 0.856. The zero-order valence-electron chi connectivity index (χ0n) is 6.19. The van der Waals surface area contributed by atoms with Crippen LogP contribution in [0.4, 0.5) is 0 Å². The molecule has 0 aliphatic carbocycles. The van der Waals surface area contributed by atoms with Crippen molar-refractivity contribution in [3.63, 3.8) is 0 Å². The third-order valence-corrected chi connectivity index (χ3v) is 1.25. The number of ether oxygens (including phenoxy) is 1. The number of halogens is 1. The lowest BCUT2D eigenvalue weighted by molar-refractivity contribution is 0.0642. The quantitative estimate of drug-likeness (QED) is 0.740. The maximum absolute atomic E-state index is 10.5. The van der Waals surface area contributed by atoms with Crippen molar-refractivity contribution in [1.82, 2.24) is 14.8 Å². The number of carbonyl (C=O) groups is 1. The van der Waals surface area contributed by atoms with Gasteiger partial charge in [-0.3, -0.25) is 0 Å². The maximum Gasteiger partial charge on any atom is 0.373 e. The lowest BCUT2D eigenvalue weighted by Gasteiger charge is -1.98. The van der Waals surface area contributed by atoms with Gasteiger partial charge in [0.15, 0.2) is 0 Å². The zero-order valence-corrected chi connectivity index (χ0v) is 6.95. The average Bonchev–Trinajstić information content (AvgIpc) is 2.32. The summed E-state index contributed by atoms with van der Waals surface area (Å²) in [7, 11) is 1.42. The Labute approximate surface area is 72.7 Å². The topological polar surface area (TPSA) is 77.2 Å². The van der Waals surface area contributed by atoms with Gasteiger partial charge in [0.25, 0.3) is 0 Å². The van der Waals surface area contributed by atoms with Crippen molar-refractivity contribution in [2.75, 3.05) is 7.11 Å². The number of hydrogen-bond acceptors (Lipinski definition) is 4. The van der Waals surface area contributed by atoms with Gasteiger partial charge in [0.1, 0.15) is 6.73 Å². The van der Waals surface area contributed by atoms with Crippen LogP contribution in [-0.4, -0.2) is 33.0 Å². The zero-order chi connectivity index (χ0) is 9.14. The van der Waals surface area contributed by atoms with E-state index < -0.39 is 5.97 Å². The van der Waals surface area contributed by atoms with E-state index in [-0.39, 0.29) is 17.8 Å². The van der Waals surface area contributed by atoms with Crippen LogP contribution in [0.2, 0.25) is 5.28 Å². The summed E-state index contributed by atoms with van der Waals surface area (Å²) in [4.78, 5) is 13.9. The van der Waals surface area contributed by atoms with Gasteiger partial charge in [-0.15, -0.1) is 5.10 Å². The Morgan fingerprint density at radius 1 is 1.83 bits per heavy atom. The summed E-state index contributed by atoms with van der Waals surface area (Å²) in [5.74, 6) is -1.42. The molecule has 6 nitrogen and oxygen atoms in total. The molecule has 12 heavy (non-hydrogen) atoms. The Morgan fingerprint density at radius 3 is 3.00 bits per heavy atom. The van der Waals surface area contributed by atoms with Crippen molar-refractivity contribution in [3.05, 3.63) is 11.1 Å². The second-order valence-corrected chi connectivity index (χ2v) is 2.26. The third-order valence-electron chi connectivity index (χ3n) is 1.09. The second-order valence-electron chi connectivity index (χ2n) is 1.93. The number of hydrogen-bond donors (Lipinski definition) is 1. The van der Waals surface area contributed by atoms with Crippen LogP contribution in [0.3, 0.4) is 0 Å². The minimum absolute atomic E-state index is 0.0152. The van der Waals surface area contributed by atoms with Gasteiger partial charge in [-0.1, -0.05) is 0 Å². The average molecular weight is 192 g/mol. The Balaban J connectivity index is 2.99. The first-order chi connectivity index (χ1) is 5.65. The number of methoxy groups -OCH3 is 1. The van der Waals surface area contributed by atoms with Crippen molar-refractivity contribution >= 4 is 17.6 Å². The Bertz CT molecular complexity index is 298. The molecule has 0 amide bonds. The molecular weight excluding hydrogens is 186 g/mol. The van der Waals surface area contributed by atoms with E-state index in [9.17, 15) is 4.79 Å². The highest BCUT2D eigenvalue weighted by atomic mass is 35.5.